The van der Waals surface area contributed by atoms with Gasteiger partial charge in [0.2, 0.25) is 0 Å². The van der Waals surface area contributed by atoms with E-state index in [-0.39, 0.29) is 12.5 Å². The minimum absolute atomic E-state index is 0.196. The Bertz CT molecular complexity index is 955. The van der Waals surface area contributed by atoms with Crippen LogP contribution in [-0.4, -0.2) is 29.4 Å². The first-order chi connectivity index (χ1) is 12.1. The molecule has 2 aromatic carbocycles. The number of pyridine rings is 1. The topological polar surface area (TPSA) is 33.2 Å². The van der Waals surface area contributed by atoms with Crippen molar-refractivity contribution in [2.75, 3.05) is 13.6 Å². The van der Waals surface area contributed by atoms with Crippen LogP contribution in [0.1, 0.15) is 10.5 Å². The summed E-state index contributed by atoms with van der Waals surface area (Å²) in [6, 6.07) is 17.6. The SMILES string of the molecule is CN(CC=CF)C(=O)c1cc2ccccc2c(-c2ccccc2I)n1. The Kier molecular flexibility index (Phi) is 5.43. The summed E-state index contributed by atoms with van der Waals surface area (Å²) in [5.41, 5.74) is 2.12. The monoisotopic (exact) mass is 446 g/mol. The highest BCUT2D eigenvalue weighted by molar-refractivity contribution is 14.1. The number of rotatable bonds is 4. The number of benzene rings is 2. The summed E-state index contributed by atoms with van der Waals surface area (Å²) in [4.78, 5) is 18.8. The zero-order valence-corrected chi connectivity index (χ0v) is 15.8. The van der Waals surface area contributed by atoms with Crippen LogP contribution in [0.25, 0.3) is 22.0 Å². The molecule has 126 valence electrons. The van der Waals surface area contributed by atoms with Crippen molar-refractivity contribution in [3.8, 4) is 11.3 Å². The van der Waals surface area contributed by atoms with E-state index in [1.165, 1.54) is 11.0 Å². The van der Waals surface area contributed by atoms with Gasteiger partial charge in [-0.15, -0.1) is 0 Å². The lowest BCUT2D eigenvalue weighted by Gasteiger charge is -2.16. The quantitative estimate of drug-likeness (QED) is 0.525. The summed E-state index contributed by atoms with van der Waals surface area (Å²) in [7, 11) is 1.63. The third-order valence-corrected chi connectivity index (χ3v) is 4.84. The van der Waals surface area contributed by atoms with E-state index in [1.807, 2.05) is 48.5 Å². The molecule has 1 heterocycles. The smallest absolute Gasteiger partial charge is 0.272 e. The van der Waals surface area contributed by atoms with Crippen LogP contribution >= 0.6 is 22.6 Å². The molecule has 1 aromatic heterocycles. The molecular weight excluding hydrogens is 430 g/mol. The van der Waals surface area contributed by atoms with E-state index in [2.05, 4.69) is 27.6 Å². The van der Waals surface area contributed by atoms with Crippen LogP contribution in [0.2, 0.25) is 0 Å². The fourth-order valence-electron chi connectivity index (χ4n) is 2.64. The van der Waals surface area contributed by atoms with E-state index >= 15 is 0 Å². The van der Waals surface area contributed by atoms with Crippen molar-refractivity contribution in [1.82, 2.24) is 9.88 Å². The van der Waals surface area contributed by atoms with Gasteiger partial charge in [-0.25, -0.2) is 9.37 Å². The minimum atomic E-state index is -0.240. The molecule has 0 unspecified atom stereocenters. The predicted molar refractivity (Wildman–Crippen MR) is 107 cm³/mol. The molecule has 0 saturated carbocycles. The van der Waals surface area contributed by atoms with E-state index < -0.39 is 0 Å². The number of carbonyl (C=O) groups excluding carboxylic acids is 1. The van der Waals surface area contributed by atoms with Gasteiger partial charge in [-0.3, -0.25) is 4.79 Å². The van der Waals surface area contributed by atoms with Gasteiger partial charge in [0, 0.05) is 28.1 Å². The van der Waals surface area contributed by atoms with Crippen molar-refractivity contribution in [1.29, 1.82) is 0 Å². The molecule has 0 spiro atoms. The van der Waals surface area contributed by atoms with Gasteiger partial charge in [-0.2, -0.15) is 0 Å². The highest BCUT2D eigenvalue weighted by Gasteiger charge is 2.17. The van der Waals surface area contributed by atoms with Crippen LogP contribution in [0.4, 0.5) is 4.39 Å². The number of aromatic nitrogens is 1. The van der Waals surface area contributed by atoms with Crippen LogP contribution < -0.4 is 0 Å². The molecule has 0 bridgehead atoms. The Morgan fingerprint density at radius 3 is 2.68 bits per heavy atom. The van der Waals surface area contributed by atoms with Crippen LogP contribution in [0.3, 0.4) is 0 Å². The third kappa shape index (κ3) is 3.71. The van der Waals surface area contributed by atoms with E-state index in [1.54, 1.807) is 13.1 Å². The molecular formula is C20H16FIN2O. The summed E-state index contributed by atoms with van der Waals surface area (Å²) in [5.74, 6) is -0.240. The molecule has 0 aliphatic rings. The van der Waals surface area contributed by atoms with Crippen molar-refractivity contribution in [3.63, 3.8) is 0 Å². The van der Waals surface area contributed by atoms with Crippen LogP contribution in [-0.2, 0) is 0 Å². The lowest BCUT2D eigenvalue weighted by molar-refractivity contribution is 0.0804. The Labute approximate surface area is 159 Å². The first-order valence-electron chi connectivity index (χ1n) is 7.77. The molecule has 3 rings (SSSR count). The standard InChI is InChI=1S/C20H16FIN2O/c1-24(12-6-11-21)20(25)18-13-14-7-2-3-8-15(14)19(23-18)16-9-4-5-10-17(16)22/h2-11,13H,12H2,1H3. The van der Waals surface area contributed by atoms with Crippen molar-refractivity contribution >= 4 is 39.3 Å². The number of carbonyl (C=O) groups is 1. The maximum absolute atomic E-state index is 12.7. The van der Waals surface area contributed by atoms with Crippen molar-refractivity contribution in [2.24, 2.45) is 0 Å². The normalized spacial score (nSPS) is 11.2. The van der Waals surface area contributed by atoms with Gasteiger partial charge in [0.15, 0.2) is 0 Å². The van der Waals surface area contributed by atoms with Gasteiger partial charge in [0.05, 0.1) is 12.0 Å². The lowest BCUT2D eigenvalue weighted by atomic mass is 10.0. The summed E-state index contributed by atoms with van der Waals surface area (Å²) in [6.07, 6.45) is 1.73. The van der Waals surface area contributed by atoms with Crippen LogP contribution in [0, 0.1) is 3.57 Å². The fourth-order valence-corrected chi connectivity index (χ4v) is 3.29. The third-order valence-electron chi connectivity index (χ3n) is 3.90. The van der Waals surface area contributed by atoms with Gasteiger partial charge in [0.25, 0.3) is 5.91 Å². The number of hydrogen-bond acceptors (Lipinski definition) is 2. The summed E-state index contributed by atoms with van der Waals surface area (Å²) in [5, 5.41) is 1.94. The van der Waals surface area contributed by atoms with Crippen molar-refractivity contribution in [3.05, 3.63) is 76.3 Å². The van der Waals surface area contributed by atoms with Gasteiger partial charge in [-0.05, 0) is 46.2 Å². The molecule has 3 aromatic rings. The number of likely N-dealkylation sites (N-methyl/N-ethyl adjacent to an activating group) is 1. The molecule has 0 fully saturated rings. The average Bonchev–Trinajstić information content (AvgIpc) is 2.65. The number of nitrogens with zero attached hydrogens (tertiary/aromatic N) is 2. The number of halogens is 2. The Hall–Kier alpha value is -2.28. The van der Waals surface area contributed by atoms with Gasteiger partial charge in [0.1, 0.15) is 5.69 Å². The van der Waals surface area contributed by atoms with Crippen LogP contribution in [0.5, 0.6) is 0 Å². The molecule has 0 atom stereocenters. The van der Waals surface area contributed by atoms with E-state index in [0.29, 0.717) is 12.0 Å². The number of amides is 1. The van der Waals surface area contributed by atoms with E-state index in [0.717, 1.165) is 25.6 Å². The first kappa shape index (κ1) is 17.5. The molecule has 0 saturated heterocycles. The molecule has 0 aliphatic heterocycles. The largest absolute Gasteiger partial charge is 0.337 e. The number of hydrogen-bond donors (Lipinski definition) is 0. The molecule has 0 aliphatic carbocycles. The van der Waals surface area contributed by atoms with Crippen molar-refractivity contribution < 1.29 is 9.18 Å². The highest BCUT2D eigenvalue weighted by atomic mass is 127. The maximum Gasteiger partial charge on any atom is 0.272 e. The predicted octanol–water partition coefficient (Wildman–Crippen LogP) is 5.06. The summed E-state index contributed by atoms with van der Waals surface area (Å²) in [6.45, 7) is 0.196. The van der Waals surface area contributed by atoms with Gasteiger partial charge < -0.3 is 4.90 Å². The molecule has 1 amide bonds. The Balaban J connectivity index is 2.16. The summed E-state index contributed by atoms with van der Waals surface area (Å²) < 4.78 is 13.3. The maximum atomic E-state index is 12.7. The average molecular weight is 446 g/mol. The van der Waals surface area contributed by atoms with Gasteiger partial charge >= 0.3 is 0 Å². The Morgan fingerprint density at radius 2 is 1.92 bits per heavy atom. The highest BCUT2D eigenvalue weighted by Crippen LogP contribution is 2.31. The van der Waals surface area contributed by atoms with Crippen molar-refractivity contribution in [2.45, 2.75) is 0 Å². The minimum Gasteiger partial charge on any atom is -0.337 e. The molecule has 0 radical (unpaired) electrons. The second kappa shape index (κ2) is 7.74. The number of fused-ring (bicyclic) bond motifs is 1. The second-order valence-electron chi connectivity index (χ2n) is 5.60. The zero-order valence-electron chi connectivity index (χ0n) is 13.6. The van der Waals surface area contributed by atoms with Gasteiger partial charge in [-0.1, -0.05) is 42.5 Å². The first-order valence-corrected chi connectivity index (χ1v) is 8.85. The molecule has 3 nitrogen and oxygen atoms in total. The second-order valence-corrected chi connectivity index (χ2v) is 6.77. The fraction of sp³-hybridized carbons (Fsp3) is 0.100. The van der Waals surface area contributed by atoms with Crippen LogP contribution in [0.15, 0.2) is 67.0 Å². The molecule has 25 heavy (non-hydrogen) atoms. The lowest BCUT2D eigenvalue weighted by Crippen LogP contribution is -2.27. The molecule has 5 heteroatoms. The Morgan fingerprint density at radius 1 is 1.20 bits per heavy atom. The zero-order chi connectivity index (χ0) is 17.8. The van der Waals surface area contributed by atoms with E-state index in [9.17, 15) is 9.18 Å². The van der Waals surface area contributed by atoms with E-state index in [4.69, 9.17) is 0 Å². The molecule has 0 N–H and O–H groups in total. The summed E-state index contributed by atoms with van der Waals surface area (Å²) >= 11 is 2.27.